The molecule has 0 aliphatic carbocycles. The highest BCUT2D eigenvalue weighted by atomic mass is 16.6. The minimum absolute atomic E-state index is 0.0904. The summed E-state index contributed by atoms with van der Waals surface area (Å²) in [5.41, 5.74) is 9.37. The number of nitrogens with one attached hydrogen (secondary N) is 2. The molecule has 10 nitrogen and oxygen atoms in total. The van der Waals surface area contributed by atoms with Crippen molar-refractivity contribution in [1.82, 2.24) is 4.90 Å². The molecular weight excluding hydrogens is 498 g/mol. The molecule has 0 spiro atoms. The average molecular weight is 524 g/mol. The number of nitro groups is 1. The van der Waals surface area contributed by atoms with Gasteiger partial charge in [0.25, 0.3) is 11.6 Å². The highest BCUT2D eigenvalue weighted by molar-refractivity contribution is 6.37. The molecule has 2 aliphatic rings. The van der Waals surface area contributed by atoms with Gasteiger partial charge in [-0.05, 0) is 29.3 Å². The SMILES string of the molecule is NC(=O)C1CC(=O)N(C/C=C/c2ccc(N/C(=C3\C(=O)Nc4ccc([N+](=O)[O-])cc43)c3ccccc3)cc2)C1. The minimum Gasteiger partial charge on any atom is -0.369 e. The Bertz CT molecular complexity index is 1530. The van der Waals surface area contributed by atoms with Crippen LogP contribution in [-0.4, -0.2) is 40.6 Å². The Morgan fingerprint density at radius 2 is 1.85 bits per heavy atom. The van der Waals surface area contributed by atoms with Gasteiger partial charge in [0.2, 0.25) is 11.8 Å². The lowest BCUT2D eigenvalue weighted by Gasteiger charge is -2.15. The van der Waals surface area contributed by atoms with Gasteiger partial charge in [0.15, 0.2) is 0 Å². The van der Waals surface area contributed by atoms with Crippen molar-refractivity contribution in [3.8, 4) is 0 Å². The summed E-state index contributed by atoms with van der Waals surface area (Å²) in [7, 11) is 0. The summed E-state index contributed by atoms with van der Waals surface area (Å²) >= 11 is 0. The van der Waals surface area contributed by atoms with Crippen molar-refractivity contribution in [3.63, 3.8) is 0 Å². The van der Waals surface area contributed by atoms with Gasteiger partial charge in [-0.25, -0.2) is 0 Å². The van der Waals surface area contributed by atoms with E-state index in [1.165, 1.54) is 18.2 Å². The molecule has 1 saturated heterocycles. The molecule has 4 N–H and O–H groups in total. The Kier molecular flexibility index (Phi) is 6.92. The zero-order chi connectivity index (χ0) is 27.5. The Balaban J connectivity index is 1.39. The zero-order valence-electron chi connectivity index (χ0n) is 20.8. The van der Waals surface area contributed by atoms with Gasteiger partial charge in [-0.2, -0.15) is 0 Å². The number of non-ortho nitro benzene ring substituents is 1. The molecule has 10 heteroatoms. The predicted molar refractivity (Wildman–Crippen MR) is 148 cm³/mol. The van der Waals surface area contributed by atoms with Crippen LogP contribution in [0.1, 0.15) is 23.1 Å². The molecule has 39 heavy (non-hydrogen) atoms. The lowest BCUT2D eigenvalue weighted by atomic mass is 9.99. The molecule has 1 unspecified atom stereocenters. The van der Waals surface area contributed by atoms with E-state index in [0.29, 0.717) is 41.3 Å². The predicted octanol–water partition coefficient (Wildman–Crippen LogP) is 3.87. The van der Waals surface area contributed by atoms with E-state index >= 15 is 0 Å². The van der Waals surface area contributed by atoms with Crippen LogP contribution in [0.2, 0.25) is 0 Å². The zero-order valence-corrected chi connectivity index (χ0v) is 20.8. The van der Waals surface area contributed by atoms with Gasteiger partial charge in [-0.1, -0.05) is 54.6 Å². The molecule has 3 amide bonds. The number of rotatable bonds is 8. The van der Waals surface area contributed by atoms with Crippen molar-refractivity contribution in [2.75, 3.05) is 23.7 Å². The summed E-state index contributed by atoms with van der Waals surface area (Å²) < 4.78 is 0. The minimum atomic E-state index is -0.488. The number of nitro benzene ring substituents is 1. The first-order chi connectivity index (χ1) is 18.8. The molecule has 2 heterocycles. The molecule has 0 aromatic heterocycles. The third kappa shape index (κ3) is 5.40. The number of carbonyl (C=O) groups is 3. The summed E-state index contributed by atoms with van der Waals surface area (Å²) in [5.74, 6) is -1.34. The Morgan fingerprint density at radius 1 is 1.10 bits per heavy atom. The van der Waals surface area contributed by atoms with Crippen molar-refractivity contribution in [2.45, 2.75) is 6.42 Å². The maximum absolute atomic E-state index is 13.0. The standard InChI is InChI=1S/C29H25N5O5/c30-28(36)20-15-25(35)33(17-20)14-4-5-18-8-10-21(11-9-18)31-27(19-6-2-1-3-7-19)26-23-16-22(34(38)39)12-13-24(23)32-29(26)37/h1-13,16,20,31H,14-15,17H2,(H2,30,36)(H,32,37)/b5-4+,27-26-. The van der Waals surface area contributed by atoms with Gasteiger partial charge < -0.3 is 21.3 Å². The van der Waals surface area contributed by atoms with E-state index in [-0.39, 0.29) is 23.9 Å². The third-order valence-electron chi connectivity index (χ3n) is 6.70. The van der Waals surface area contributed by atoms with Crippen LogP contribution in [0.5, 0.6) is 0 Å². The van der Waals surface area contributed by atoms with Gasteiger partial charge in [0.05, 0.1) is 22.1 Å². The molecule has 2 aliphatic heterocycles. The average Bonchev–Trinajstić information content (AvgIpc) is 3.47. The van der Waals surface area contributed by atoms with Crippen LogP contribution in [0.15, 0.2) is 78.9 Å². The Labute approximate surface area is 224 Å². The van der Waals surface area contributed by atoms with Gasteiger partial charge in [0.1, 0.15) is 0 Å². The van der Waals surface area contributed by atoms with Crippen LogP contribution in [0.4, 0.5) is 17.1 Å². The van der Waals surface area contributed by atoms with E-state index in [4.69, 9.17) is 5.73 Å². The largest absolute Gasteiger partial charge is 0.369 e. The van der Waals surface area contributed by atoms with Crippen molar-refractivity contribution < 1.29 is 19.3 Å². The van der Waals surface area contributed by atoms with E-state index in [1.807, 2.05) is 66.7 Å². The monoisotopic (exact) mass is 523 g/mol. The molecule has 1 atom stereocenters. The number of nitrogens with zero attached hydrogens (tertiary/aromatic N) is 2. The number of hydrogen-bond acceptors (Lipinski definition) is 6. The molecule has 3 aromatic carbocycles. The maximum Gasteiger partial charge on any atom is 0.270 e. The van der Waals surface area contributed by atoms with Crippen molar-refractivity contribution in [2.24, 2.45) is 11.7 Å². The third-order valence-corrected chi connectivity index (χ3v) is 6.70. The summed E-state index contributed by atoms with van der Waals surface area (Å²) in [6, 6.07) is 21.1. The van der Waals surface area contributed by atoms with Gasteiger partial charge in [-0.15, -0.1) is 0 Å². The molecule has 3 aromatic rings. The first-order valence-electron chi connectivity index (χ1n) is 12.3. The van der Waals surface area contributed by atoms with E-state index in [2.05, 4.69) is 10.6 Å². The fraction of sp³-hybridized carbons (Fsp3) is 0.138. The van der Waals surface area contributed by atoms with Gasteiger partial charge >= 0.3 is 0 Å². The number of benzene rings is 3. The lowest BCUT2D eigenvalue weighted by Crippen LogP contribution is -2.28. The smallest absolute Gasteiger partial charge is 0.270 e. The number of primary amides is 1. The maximum atomic E-state index is 13.0. The van der Waals surface area contributed by atoms with Crippen LogP contribution >= 0.6 is 0 Å². The Hall–Kier alpha value is -5.25. The van der Waals surface area contributed by atoms with Crippen molar-refractivity contribution >= 4 is 52.1 Å². The molecule has 0 bridgehead atoms. The van der Waals surface area contributed by atoms with E-state index < -0.39 is 16.7 Å². The van der Waals surface area contributed by atoms with Crippen LogP contribution < -0.4 is 16.4 Å². The number of anilines is 2. The van der Waals surface area contributed by atoms with Crippen LogP contribution in [0.3, 0.4) is 0 Å². The molecule has 196 valence electrons. The highest BCUT2D eigenvalue weighted by Crippen LogP contribution is 2.39. The van der Waals surface area contributed by atoms with E-state index in [0.717, 1.165) is 11.1 Å². The molecule has 0 saturated carbocycles. The quantitative estimate of drug-likeness (QED) is 0.232. The van der Waals surface area contributed by atoms with Crippen LogP contribution in [0.25, 0.3) is 17.3 Å². The topological polar surface area (TPSA) is 148 Å². The number of nitrogens with two attached hydrogens (primary N) is 1. The van der Waals surface area contributed by atoms with Gasteiger partial charge in [-0.3, -0.25) is 24.5 Å². The molecular formula is C29H25N5O5. The second-order valence-electron chi connectivity index (χ2n) is 9.31. The van der Waals surface area contributed by atoms with Crippen LogP contribution in [0, 0.1) is 16.0 Å². The molecule has 5 rings (SSSR count). The Morgan fingerprint density at radius 3 is 2.51 bits per heavy atom. The normalized spacial score (nSPS) is 17.7. The number of hydrogen-bond donors (Lipinski definition) is 3. The number of amides is 3. The number of fused-ring (bicyclic) bond motifs is 1. The van der Waals surface area contributed by atoms with Crippen LogP contribution in [-0.2, 0) is 14.4 Å². The lowest BCUT2D eigenvalue weighted by molar-refractivity contribution is -0.384. The summed E-state index contributed by atoms with van der Waals surface area (Å²) in [6.07, 6.45) is 3.89. The second kappa shape index (κ2) is 10.6. The van der Waals surface area contributed by atoms with E-state index in [9.17, 15) is 24.5 Å². The fourth-order valence-electron chi connectivity index (χ4n) is 4.68. The summed E-state index contributed by atoms with van der Waals surface area (Å²) in [5, 5.41) is 17.5. The fourth-order valence-corrected chi connectivity index (χ4v) is 4.68. The second-order valence-corrected chi connectivity index (χ2v) is 9.31. The number of likely N-dealkylation sites (tertiary alicyclic amines) is 1. The van der Waals surface area contributed by atoms with Crippen molar-refractivity contribution in [1.29, 1.82) is 0 Å². The summed E-state index contributed by atoms with van der Waals surface area (Å²) in [4.78, 5) is 49.0. The van der Waals surface area contributed by atoms with Crippen molar-refractivity contribution in [3.05, 3.63) is 106 Å². The highest BCUT2D eigenvalue weighted by Gasteiger charge is 2.32. The van der Waals surface area contributed by atoms with E-state index in [1.54, 1.807) is 4.90 Å². The first kappa shape index (κ1) is 25.4. The van der Waals surface area contributed by atoms with Gasteiger partial charge in [0, 0.05) is 48.6 Å². The number of carbonyl (C=O) groups excluding carboxylic acids is 3. The molecule has 0 radical (unpaired) electrons. The summed E-state index contributed by atoms with van der Waals surface area (Å²) in [6.45, 7) is 0.714. The first-order valence-corrected chi connectivity index (χ1v) is 12.3. The molecule has 1 fully saturated rings.